The zero-order chi connectivity index (χ0) is 14.3. The van der Waals surface area contributed by atoms with Gasteiger partial charge in [0.25, 0.3) is 0 Å². The smallest absolute Gasteiger partial charge is 0.00772 e. The normalized spacial score (nSPS) is 20.4. The highest BCUT2D eigenvalue weighted by molar-refractivity contribution is 5.35. The molecule has 2 N–H and O–H groups in total. The van der Waals surface area contributed by atoms with E-state index >= 15 is 0 Å². The van der Waals surface area contributed by atoms with Gasteiger partial charge in [0.05, 0.1) is 0 Å². The second kappa shape index (κ2) is 7.69. The van der Waals surface area contributed by atoms with E-state index in [0.717, 1.165) is 19.4 Å². The fraction of sp³-hybridized carbons (Fsp3) is 0.667. The predicted octanol–water partition coefficient (Wildman–Crippen LogP) is 5.14. The van der Waals surface area contributed by atoms with E-state index in [1.165, 1.54) is 31.3 Å². The van der Waals surface area contributed by atoms with E-state index in [1.54, 1.807) is 11.1 Å². The molecule has 19 heavy (non-hydrogen) atoms. The van der Waals surface area contributed by atoms with Crippen LogP contribution < -0.4 is 5.73 Å². The minimum Gasteiger partial charge on any atom is -0.330 e. The maximum Gasteiger partial charge on any atom is -0.00772 e. The van der Waals surface area contributed by atoms with E-state index in [4.69, 9.17) is 5.73 Å². The van der Waals surface area contributed by atoms with Gasteiger partial charge in [-0.1, -0.05) is 43.2 Å². The van der Waals surface area contributed by atoms with Crippen molar-refractivity contribution in [3.05, 3.63) is 34.9 Å². The van der Waals surface area contributed by atoms with Crippen LogP contribution in [0.25, 0.3) is 0 Å². The molecular weight excluding hydrogens is 230 g/mol. The summed E-state index contributed by atoms with van der Waals surface area (Å²) in [4.78, 5) is 0. The Hall–Kier alpha value is -0.820. The minimum atomic E-state index is 0.346. The standard InChI is InChI=1S/C18H31N/c1-15(9-6-5-7-14-19)11-12-17-16(2)10-8-13-18(17,3)4/h9,11-12H,5-8,10,13-14,19H2,1-4H3. The minimum absolute atomic E-state index is 0.346. The first-order valence-corrected chi connectivity index (χ1v) is 7.72. The lowest BCUT2D eigenvalue weighted by Gasteiger charge is -2.32. The van der Waals surface area contributed by atoms with Crippen LogP contribution in [0, 0.1) is 5.41 Å². The van der Waals surface area contributed by atoms with Crippen molar-refractivity contribution < 1.29 is 0 Å². The van der Waals surface area contributed by atoms with Gasteiger partial charge in [0.1, 0.15) is 0 Å². The third kappa shape index (κ3) is 5.36. The summed E-state index contributed by atoms with van der Waals surface area (Å²) in [6.45, 7) is 10.0. The van der Waals surface area contributed by atoms with Crippen LogP contribution in [0.2, 0.25) is 0 Å². The van der Waals surface area contributed by atoms with Gasteiger partial charge in [-0.05, 0) is 69.9 Å². The molecule has 0 aromatic carbocycles. The Labute approximate surface area is 119 Å². The second-order valence-electron chi connectivity index (χ2n) is 6.50. The number of rotatable bonds is 6. The third-order valence-corrected chi connectivity index (χ3v) is 4.18. The lowest BCUT2D eigenvalue weighted by atomic mass is 9.72. The Morgan fingerprint density at radius 2 is 2.05 bits per heavy atom. The summed E-state index contributed by atoms with van der Waals surface area (Å²) in [5.74, 6) is 0. The van der Waals surface area contributed by atoms with Crippen LogP contribution in [-0.4, -0.2) is 6.54 Å². The van der Waals surface area contributed by atoms with Crippen LogP contribution in [0.4, 0.5) is 0 Å². The Bertz CT molecular complexity index is 369. The van der Waals surface area contributed by atoms with Crippen molar-refractivity contribution in [2.45, 2.75) is 66.2 Å². The largest absolute Gasteiger partial charge is 0.330 e. The molecule has 0 saturated heterocycles. The van der Waals surface area contributed by atoms with Gasteiger partial charge in [-0.15, -0.1) is 0 Å². The van der Waals surface area contributed by atoms with E-state index in [2.05, 4.69) is 45.9 Å². The summed E-state index contributed by atoms with van der Waals surface area (Å²) in [5, 5.41) is 0. The highest BCUT2D eigenvalue weighted by atomic mass is 14.5. The Kier molecular flexibility index (Phi) is 6.57. The predicted molar refractivity (Wildman–Crippen MR) is 86.1 cm³/mol. The maximum absolute atomic E-state index is 5.51. The van der Waals surface area contributed by atoms with Gasteiger partial charge in [-0.2, -0.15) is 0 Å². The fourth-order valence-corrected chi connectivity index (χ4v) is 2.91. The third-order valence-electron chi connectivity index (χ3n) is 4.18. The number of nitrogens with two attached hydrogens (primary N) is 1. The van der Waals surface area contributed by atoms with Gasteiger partial charge in [0, 0.05) is 0 Å². The lowest BCUT2D eigenvalue weighted by Crippen LogP contribution is -2.19. The van der Waals surface area contributed by atoms with Crippen molar-refractivity contribution in [2.24, 2.45) is 11.1 Å². The molecule has 0 aromatic heterocycles. The zero-order valence-electron chi connectivity index (χ0n) is 13.3. The van der Waals surface area contributed by atoms with E-state index in [9.17, 15) is 0 Å². The molecule has 1 aliphatic carbocycles. The van der Waals surface area contributed by atoms with Crippen LogP contribution >= 0.6 is 0 Å². The molecule has 108 valence electrons. The average molecular weight is 261 g/mol. The first-order chi connectivity index (χ1) is 8.97. The van der Waals surface area contributed by atoms with E-state index in [0.29, 0.717) is 5.41 Å². The van der Waals surface area contributed by atoms with Gasteiger partial charge in [0.2, 0.25) is 0 Å². The molecule has 1 nitrogen and oxygen atoms in total. The molecule has 0 aliphatic heterocycles. The molecule has 0 fully saturated rings. The number of allylic oxidation sites excluding steroid dienone is 6. The molecule has 0 unspecified atom stereocenters. The monoisotopic (exact) mass is 261 g/mol. The molecule has 0 bridgehead atoms. The molecule has 1 aliphatic rings. The topological polar surface area (TPSA) is 26.0 Å². The second-order valence-corrected chi connectivity index (χ2v) is 6.50. The Balaban J connectivity index is 2.64. The molecule has 0 radical (unpaired) electrons. The van der Waals surface area contributed by atoms with Crippen molar-refractivity contribution in [1.82, 2.24) is 0 Å². The van der Waals surface area contributed by atoms with Crippen LogP contribution in [0.5, 0.6) is 0 Å². The first-order valence-electron chi connectivity index (χ1n) is 7.72. The SMILES string of the molecule is CC(C=CC1=C(C)CCCC1(C)C)=CCCCCN. The van der Waals surface area contributed by atoms with Crippen molar-refractivity contribution in [3.8, 4) is 0 Å². The summed E-state index contributed by atoms with van der Waals surface area (Å²) in [6, 6.07) is 0. The maximum atomic E-state index is 5.51. The molecule has 0 aromatic rings. The molecule has 1 rings (SSSR count). The van der Waals surface area contributed by atoms with Crippen LogP contribution in [0.1, 0.15) is 66.2 Å². The summed E-state index contributed by atoms with van der Waals surface area (Å²) in [6.07, 6.45) is 14.4. The van der Waals surface area contributed by atoms with Crippen LogP contribution in [0.15, 0.2) is 34.9 Å². The van der Waals surface area contributed by atoms with Crippen LogP contribution in [-0.2, 0) is 0 Å². The molecule has 0 spiro atoms. The molecule has 0 heterocycles. The highest BCUT2D eigenvalue weighted by Crippen LogP contribution is 2.40. The summed E-state index contributed by atoms with van der Waals surface area (Å²) in [5.41, 5.74) is 10.3. The van der Waals surface area contributed by atoms with Gasteiger partial charge < -0.3 is 5.73 Å². The van der Waals surface area contributed by atoms with Gasteiger partial charge in [-0.25, -0.2) is 0 Å². The van der Waals surface area contributed by atoms with Crippen LogP contribution in [0.3, 0.4) is 0 Å². The molecule has 0 saturated carbocycles. The van der Waals surface area contributed by atoms with E-state index in [-0.39, 0.29) is 0 Å². The Morgan fingerprint density at radius 1 is 1.32 bits per heavy atom. The fourth-order valence-electron chi connectivity index (χ4n) is 2.91. The molecule has 0 atom stereocenters. The zero-order valence-corrected chi connectivity index (χ0v) is 13.3. The quantitative estimate of drug-likeness (QED) is 0.519. The lowest BCUT2D eigenvalue weighted by molar-refractivity contribution is 0.377. The van der Waals surface area contributed by atoms with Crippen molar-refractivity contribution in [2.75, 3.05) is 6.54 Å². The van der Waals surface area contributed by atoms with Gasteiger partial charge in [0.15, 0.2) is 0 Å². The van der Waals surface area contributed by atoms with E-state index < -0.39 is 0 Å². The number of unbranched alkanes of at least 4 members (excludes halogenated alkanes) is 2. The molecule has 0 amide bonds. The highest BCUT2D eigenvalue weighted by Gasteiger charge is 2.26. The number of hydrogen-bond acceptors (Lipinski definition) is 1. The van der Waals surface area contributed by atoms with E-state index in [1.807, 2.05) is 0 Å². The summed E-state index contributed by atoms with van der Waals surface area (Å²) < 4.78 is 0. The summed E-state index contributed by atoms with van der Waals surface area (Å²) >= 11 is 0. The molecular formula is C18H31N. The average Bonchev–Trinajstić information content (AvgIpc) is 2.33. The van der Waals surface area contributed by atoms with Crippen molar-refractivity contribution >= 4 is 0 Å². The van der Waals surface area contributed by atoms with Gasteiger partial charge >= 0.3 is 0 Å². The first kappa shape index (κ1) is 16.2. The van der Waals surface area contributed by atoms with Gasteiger partial charge in [-0.3, -0.25) is 0 Å². The summed E-state index contributed by atoms with van der Waals surface area (Å²) in [7, 11) is 0. The number of hydrogen-bond donors (Lipinski definition) is 1. The van der Waals surface area contributed by atoms with Crippen molar-refractivity contribution in [1.29, 1.82) is 0 Å². The Morgan fingerprint density at radius 3 is 2.68 bits per heavy atom. The molecule has 1 heteroatoms. The van der Waals surface area contributed by atoms with Crippen molar-refractivity contribution in [3.63, 3.8) is 0 Å².